The van der Waals surface area contributed by atoms with Gasteiger partial charge in [-0.15, -0.1) is 0 Å². The van der Waals surface area contributed by atoms with Gasteiger partial charge < -0.3 is 10.4 Å². The summed E-state index contributed by atoms with van der Waals surface area (Å²) < 4.78 is 0. The van der Waals surface area contributed by atoms with E-state index in [1.807, 2.05) is 0 Å². The van der Waals surface area contributed by atoms with Gasteiger partial charge in [-0.1, -0.05) is 26.2 Å². The van der Waals surface area contributed by atoms with Crippen LogP contribution in [0.25, 0.3) is 0 Å². The highest BCUT2D eigenvalue weighted by Crippen LogP contribution is 2.31. The first-order chi connectivity index (χ1) is 5.33. The summed E-state index contributed by atoms with van der Waals surface area (Å²) in [5.41, 5.74) is 0. The molecule has 2 nitrogen and oxygen atoms in total. The lowest BCUT2D eigenvalue weighted by Crippen LogP contribution is -2.11. The molecule has 11 heavy (non-hydrogen) atoms. The molecule has 1 aliphatic heterocycles. The van der Waals surface area contributed by atoms with Crippen molar-refractivity contribution < 1.29 is 5.11 Å². The Morgan fingerprint density at radius 2 is 2.09 bits per heavy atom. The van der Waals surface area contributed by atoms with E-state index in [1.165, 1.54) is 19.3 Å². The standard InChI is InChI=1S/C5H10.C4H9NO/c1-2-5-3-4-5;6-4-1-2-5-3-4/h5H,2-4H2,1H3;4-6H,1-3H2. The molecule has 66 valence electrons. The number of aliphatic hydroxyl groups is 1. The molecule has 2 rings (SSSR count). The van der Waals surface area contributed by atoms with E-state index < -0.39 is 0 Å². The highest BCUT2D eigenvalue weighted by molar-refractivity contribution is 4.69. The summed E-state index contributed by atoms with van der Waals surface area (Å²) in [5.74, 6) is 1.13. The van der Waals surface area contributed by atoms with E-state index in [2.05, 4.69) is 12.2 Å². The maximum absolute atomic E-state index is 8.67. The molecule has 0 radical (unpaired) electrons. The first-order valence-corrected chi connectivity index (χ1v) is 4.71. The van der Waals surface area contributed by atoms with E-state index >= 15 is 0 Å². The van der Waals surface area contributed by atoms with Crippen molar-refractivity contribution in [3.05, 3.63) is 0 Å². The van der Waals surface area contributed by atoms with Crippen LogP contribution in [0.2, 0.25) is 0 Å². The van der Waals surface area contributed by atoms with Crippen molar-refractivity contribution in [2.24, 2.45) is 5.92 Å². The van der Waals surface area contributed by atoms with Gasteiger partial charge in [0.15, 0.2) is 0 Å². The smallest absolute Gasteiger partial charge is 0.0676 e. The van der Waals surface area contributed by atoms with Crippen molar-refractivity contribution in [1.29, 1.82) is 0 Å². The number of hydrogen-bond acceptors (Lipinski definition) is 2. The molecule has 1 heterocycles. The van der Waals surface area contributed by atoms with E-state index in [9.17, 15) is 0 Å². The average Bonchev–Trinajstić information content (AvgIpc) is 2.75. The van der Waals surface area contributed by atoms with Gasteiger partial charge in [0.25, 0.3) is 0 Å². The topological polar surface area (TPSA) is 32.3 Å². The fourth-order valence-electron chi connectivity index (χ4n) is 1.17. The van der Waals surface area contributed by atoms with E-state index in [0.29, 0.717) is 0 Å². The Hall–Kier alpha value is -0.0800. The number of β-amino-alcohol motifs (C(OH)–C–C–N with tert-alkyl or cyclic N) is 1. The molecule has 2 N–H and O–H groups in total. The van der Waals surface area contributed by atoms with Crippen molar-refractivity contribution in [2.45, 2.75) is 38.7 Å². The fraction of sp³-hybridized carbons (Fsp3) is 1.00. The predicted octanol–water partition coefficient (Wildman–Crippen LogP) is 1.15. The highest BCUT2D eigenvalue weighted by Gasteiger charge is 2.17. The molecule has 2 aliphatic rings. The van der Waals surface area contributed by atoms with Crippen LogP contribution in [0.4, 0.5) is 0 Å². The summed E-state index contributed by atoms with van der Waals surface area (Å²) in [6.45, 7) is 4.04. The molecule has 1 saturated heterocycles. The van der Waals surface area contributed by atoms with Crippen LogP contribution in [0.15, 0.2) is 0 Å². The highest BCUT2D eigenvalue weighted by atomic mass is 16.3. The van der Waals surface area contributed by atoms with Crippen molar-refractivity contribution >= 4 is 0 Å². The Morgan fingerprint density at radius 3 is 2.18 bits per heavy atom. The maximum atomic E-state index is 8.67. The van der Waals surface area contributed by atoms with Crippen LogP contribution in [0.5, 0.6) is 0 Å². The quantitative estimate of drug-likeness (QED) is 0.598. The minimum Gasteiger partial charge on any atom is -0.392 e. The van der Waals surface area contributed by atoms with Gasteiger partial charge in [-0.3, -0.25) is 0 Å². The number of aliphatic hydroxyl groups excluding tert-OH is 1. The van der Waals surface area contributed by atoms with E-state index in [4.69, 9.17) is 5.11 Å². The van der Waals surface area contributed by atoms with Gasteiger partial charge in [-0.25, -0.2) is 0 Å². The second kappa shape index (κ2) is 4.73. The molecule has 1 unspecified atom stereocenters. The second-order valence-corrected chi connectivity index (χ2v) is 3.50. The van der Waals surface area contributed by atoms with E-state index in [-0.39, 0.29) is 6.10 Å². The molecule has 0 aromatic carbocycles. The molecule has 2 heteroatoms. The molecule has 1 saturated carbocycles. The second-order valence-electron chi connectivity index (χ2n) is 3.50. The number of nitrogens with one attached hydrogen (secondary N) is 1. The molecule has 0 spiro atoms. The fourth-order valence-corrected chi connectivity index (χ4v) is 1.17. The van der Waals surface area contributed by atoms with Gasteiger partial charge in [-0.05, 0) is 18.9 Å². The van der Waals surface area contributed by atoms with Crippen LogP contribution >= 0.6 is 0 Å². The molecular weight excluding hydrogens is 138 g/mol. The average molecular weight is 157 g/mol. The SMILES string of the molecule is CCC1CC1.OC1CCNC1. The van der Waals surface area contributed by atoms with Crippen LogP contribution in [-0.2, 0) is 0 Å². The van der Waals surface area contributed by atoms with E-state index in [0.717, 1.165) is 25.4 Å². The van der Waals surface area contributed by atoms with Gasteiger partial charge >= 0.3 is 0 Å². The zero-order valence-electron chi connectivity index (χ0n) is 7.34. The van der Waals surface area contributed by atoms with Crippen LogP contribution in [-0.4, -0.2) is 24.3 Å². The normalized spacial score (nSPS) is 29.5. The first-order valence-electron chi connectivity index (χ1n) is 4.71. The molecule has 0 aromatic heterocycles. The van der Waals surface area contributed by atoms with Crippen LogP contribution in [0.1, 0.15) is 32.6 Å². The van der Waals surface area contributed by atoms with Gasteiger partial charge in [-0.2, -0.15) is 0 Å². The zero-order valence-corrected chi connectivity index (χ0v) is 7.34. The first kappa shape index (κ1) is 9.01. The summed E-state index contributed by atoms with van der Waals surface area (Å²) in [7, 11) is 0. The Kier molecular flexibility index (Phi) is 3.87. The molecule has 1 atom stereocenters. The van der Waals surface area contributed by atoms with Crippen molar-refractivity contribution in [3.63, 3.8) is 0 Å². The monoisotopic (exact) mass is 157 g/mol. The summed E-state index contributed by atoms with van der Waals surface area (Å²) in [6.07, 6.45) is 5.30. The van der Waals surface area contributed by atoms with Crippen LogP contribution < -0.4 is 5.32 Å². The van der Waals surface area contributed by atoms with Crippen molar-refractivity contribution in [1.82, 2.24) is 5.32 Å². The maximum Gasteiger partial charge on any atom is 0.0676 e. The Labute approximate surface area is 69.0 Å². The third kappa shape index (κ3) is 4.38. The lowest BCUT2D eigenvalue weighted by Gasteiger charge is -1.90. The lowest BCUT2D eigenvalue weighted by atomic mass is 10.3. The summed E-state index contributed by atoms with van der Waals surface area (Å²) in [4.78, 5) is 0. The molecular formula is C9H19NO. The van der Waals surface area contributed by atoms with Crippen LogP contribution in [0, 0.1) is 5.92 Å². The molecule has 0 aromatic rings. The largest absolute Gasteiger partial charge is 0.392 e. The van der Waals surface area contributed by atoms with E-state index in [1.54, 1.807) is 0 Å². The predicted molar refractivity (Wildman–Crippen MR) is 46.5 cm³/mol. The van der Waals surface area contributed by atoms with Gasteiger partial charge in [0, 0.05) is 6.54 Å². The molecule has 1 aliphatic carbocycles. The number of hydrogen-bond donors (Lipinski definition) is 2. The summed E-state index contributed by atoms with van der Waals surface area (Å²) in [6, 6.07) is 0. The molecule has 0 bridgehead atoms. The number of rotatable bonds is 1. The Morgan fingerprint density at radius 1 is 1.36 bits per heavy atom. The molecule has 2 fully saturated rings. The lowest BCUT2D eigenvalue weighted by molar-refractivity contribution is 0.196. The van der Waals surface area contributed by atoms with Crippen molar-refractivity contribution in [2.75, 3.05) is 13.1 Å². The zero-order chi connectivity index (χ0) is 8.10. The summed E-state index contributed by atoms with van der Waals surface area (Å²) >= 11 is 0. The van der Waals surface area contributed by atoms with Crippen LogP contribution in [0.3, 0.4) is 0 Å². The third-order valence-electron chi connectivity index (χ3n) is 2.31. The van der Waals surface area contributed by atoms with Gasteiger partial charge in [0.05, 0.1) is 6.10 Å². The summed E-state index contributed by atoms with van der Waals surface area (Å²) in [5, 5.41) is 11.7. The third-order valence-corrected chi connectivity index (χ3v) is 2.31. The minimum absolute atomic E-state index is 0.0648. The van der Waals surface area contributed by atoms with Gasteiger partial charge in [0.2, 0.25) is 0 Å². The molecule has 0 amide bonds. The minimum atomic E-state index is -0.0648. The Balaban J connectivity index is 0.000000112. The van der Waals surface area contributed by atoms with Crippen molar-refractivity contribution in [3.8, 4) is 0 Å². The Bertz CT molecular complexity index is 95.7. The van der Waals surface area contributed by atoms with Gasteiger partial charge in [0.1, 0.15) is 0 Å².